The molecule has 1 aromatic carbocycles. The molecule has 5 heteroatoms. The largest absolute Gasteiger partial charge is 0.340 e. The number of benzene rings is 1. The van der Waals surface area contributed by atoms with Gasteiger partial charge < -0.3 is 9.47 Å². The number of Topliss-reactive ketones (excluding diaryl/α,β-unsaturated/α-hetero) is 1. The molecule has 1 fully saturated rings. The van der Waals surface area contributed by atoms with Crippen LogP contribution in [0.5, 0.6) is 0 Å². The number of rotatable bonds is 4. The first-order valence-corrected chi connectivity index (χ1v) is 9.55. The molecule has 0 aliphatic carbocycles. The van der Waals surface area contributed by atoms with E-state index in [1.807, 2.05) is 24.8 Å². The van der Waals surface area contributed by atoms with Gasteiger partial charge in [0, 0.05) is 55.7 Å². The van der Waals surface area contributed by atoms with E-state index in [-0.39, 0.29) is 11.7 Å². The third-order valence-electron chi connectivity index (χ3n) is 5.67. The third kappa shape index (κ3) is 3.98. The maximum atomic E-state index is 12.9. The number of amides is 1. The Kier molecular flexibility index (Phi) is 5.51. The number of aromatic nitrogens is 1. The molecule has 1 amide bonds. The number of hydrogen-bond acceptors (Lipinski definition) is 3. The summed E-state index contributed by atoms with van der Waals surface area (Å²) < 4.78 is 2.16. The summed E-state index contributed by atoms with van der Waals surface area (Å²) >= 11 is 0. The first-order valence-electron chi connectivity index (χ1n) is 9.55. The van der Waals surface area contributed by atoms with Crippen molar-refractivity contribution in [2.75, 3.05) is 32.7 Å². The molecule has 1 saturated heterocycles. The molecule has 0 radical (unpaired) electrons. The Morgan fingerprint density at radius 1 is 0.926 bits per heavy atom. The van der Waals surface area contributed by atoms with Crippen molar-refractivity contribution in [1.82, 2.24) is 14.4 Å². The van der Waals surface area contributed by atoms with E-state index >= 15 is 0 Å². The van der Waals surface area contributed by atoms with E-state index in [2.05, 4.69) is 41.5 Å². The molecule has 5 nitrogen and oxygen atoms in total. The first kappa shape index (κ1) is 19.4. The molecule has 1 aliphatic heterocycles. The Morgan fingerprint density at radius 2 is 1.59 bits per heavy atom. The summed E-state index contributed by atoms with van der Waals surface area (Å²) in [7, 11) is 0. The SMILES string of the molecule is CC(=O)N1CCN(CC(=O)c2cc(C)n(-c3ccc(C)c(C)c3)c2C)CC1. The van der Waals surface area contributed by atoms with Crippen LogP contribution < -0.4 is 0 Å². The minimum atomic E-state index is 0.109. The first-order chi connectivity index (χ1) is 12.8. The Bertz CT molecular complexity index is 874. The van der Waals surface area contributed by atoms with Gasteiger partial charge >= 0.3 is 0 Å². The molecule has 2 aromatic rings. The van der Waals surface area contributed by atoms with Crippen molar-refractivity contribution in [1.29, 1.82) is 0 Å². The number of ketones is 1. The van der Waals surface area contributed by atoms with Gasteiger partial charge in [-0.3, -0.25) is 14.5 Å². The molecule has 1 aromatic heterocycles. The van der Waals surface area contributed by atoms with Gasteiger partial charge in [-0.15, -0.1) is 0 Å². The fourth-order valence-electron chi connectivity index (χ4n) is 3.82. The highest BCUT2D eigenvalue weighted by molar-refractivity contribution is 5.99. The Morgan fingerprint density at radius 3 is 2.19 bits per heavy atom. The summed E-state index contributed by atoms with van der Waals surface area (Å²) in [6.07, 6.45) is 0. The van der Waals surface area contributed by atoms with Crippen LogP contribution in [-0.2, 0) is 4.79 Å². The Labute approximate surface area is 161 Å². The number of carbonyl (C=O) groups excluding carboxylic acids is 2. The fraction of sp³-hybridized carbons (Fsp3) is 0.455. The number of piperazine rings is 1. The second kappa shape index (κ2) is 7.69. The highest BCUT2D eigenvalue weighted by atomic mass is 16.2. The lowest BCUT2D eigenvalue weighted by atomic mass is 10.1. The summed E-state index contributed by atoms with van der Waals surface area (Å²) in [5.41, 5.74) is 6.46. The lowest BCUT2D eigenvalue weighted by Crippen LogP contribution is -2.49. The van der Waals surface area contributed by atoms with E-state index in [1.54, 1.807) is 6.92 Å². The van der Waals surface area contributed by atoms with E-state index in [4.69, 9.17) is 0 Å². The van der Waals surface area contributed by atoms with Crippen molar-refractivity contribution in [3.05, 3.63) is 52.3 Å². The summed E-state index contributed by atoms with van der Waals surface area (Å²) in [5, 5.41) is 0. The predicted octanol–water partition coefficient (Wildman–Crippen LogP) is 3.06. The van der Waals surface area contributed by atoms with Gasteiger partial charge in [-0.05, 0) is 57.0 Å². The van der Waals surface area contributed by atoms with Crippen molar-refractivity contribution in [2.24, 2.45) is 0 Å². The molecule has 0 atom stereocenters. The second-order valence-electron chi connectivity index (χ2n) is 7.59. The lowest BCUT2D eigenvalue weighted by molar-refractivity contribution is -0.130. The molecular formula is C22H29N3O2. The van der Waals surface area contributed by atoms with Gasteiger partial charge in [-0.1, -0.05) is 6.07 Å². The third-order valence-corrected chi connectivity index (χ3v) is 5.67. The Balaban J connectivity index is 1.77. The average molecular weight is 367 g/mol. The monoisotopic (exact) mass is 367 g/mol. The lowest BCUT2D eigenvalue weighted by Gasteiger charge is -2.33. The summed E-state index contributed by atoms with van der Waals surface area (Å²) in [4.78, 5) is 28.4. The van der Waals surface area contributed by atoms with E-state index in [0.29, 0.717) is 19.6 Å². The standard InChI is InChI=1S/C22H29N3O2/c1-15-6-7-20(12-16(15)2)25-17(3)13-21(18(25)4)22(27)14-23-8-10-24(11-9-23)19(5)26/h6-7,12-13H,8-11,14H2,1-5H3. The second-order valence-corrected chi connectivity index (χ2v) is 7.59. The van der Waals surface area contributed by atoms with Gasteiger partial charge in [0.15, 0.2) is 5.78 Å². The normalized spacial score (nSPS) is 15.2. The van der Waals surface area contributed by atoms with Gasteiger partial charge in [0.2, 0.25) is 5.91 Å². The van der Waals surface area contributed by atoms with Crippen molar-refractivity contribution in [3.8, 4) is 5.69 Å². The summed E-state index contributed by atoms with van der Waals surface area (Å²) in [6, 6.07) is 8.40. The van der Waals surface area contributed by atoms with Crippen LogP contribution in [-0.4, -0.2) is 58.8 Å². The molecular weight excluding hydrogens is 338 g/mol. The summed E-state index contributed by atoms with van der Waals surface area (Å²) in [6.45, 7) is 13.2. The molecule has 0 unspecified atom stereocenters. The van der Waals surface area contributed by atoms with Crippen LogP contribution in [0.1, 0.15) is 39.8 Å². The topological polar surface area (TPSA) is 45.6 Å². The molecule has 0 N–H and O–H groups in total. The van der Waals surface area contributed by atoms with Crippen LogP contribution in [0.15, 0.2) is 24.3 Å². The van der Waals surface area contributed by atoms with Crippen LogP contribution >= 0.6 is 0 Å². The van der Waals surface area contributed by atoms with Crippen molar-refractivity contribution < 1.29 is 9.59 Å². The smallest absolute Gasteiger partial charge is 0.219 e. The van der Waals surface area contributed by atoms with Crippen molar-refractivity contribution in [3.63, 3.8) is 0 Å². The number of aryl methyl sites for hydroxylation is 3. The van der Waals surface area contributed by atoms with Crippen LogP contribution in [0, 0.1) is 27.7 Å². The molecule has 3 rings (SSSR count). The van der Waals surface area contributed by atoms with Crippen LogP contribution in [0.2, 0.25) is 0 Å². The summed E-state index contributed by atoms with van der Waals surface area (Å²) in [5.74, 6) is 0.257. The van der Waals surface area contributed by atoms with E-state index < -0.39 is 0 Å². The molecule has 27 heavy (non-hydrogen) atoms. The average Bonchev–Trinajstić information content (AvgIpc) is 2.92. The zero-order chi connectivity index (χ0) is 19.7. The van der Waals surface area contributed by atoms with Gasteiger partial charge in [0.25, 0.3) is 0 Å². The maximum Gasteiger partial charge on any atom is 0.219 e. The highest BCUT2D eigenvalue weighted by Crippen LogP contribution is 2.23. The number of nitrogens with zero attached hydrogens (tertiary/aromatic N) is 3. The zero-order valence-electron chi connectivity index (χ0n) is 17.0. The van der Waals surface area contributed by atoms with Gasteiger partial charge in [-0.2, -0.15) is 0 Å². The minimum absolute atomic E-state index is 0.109. The zero-order valence-corrected chi connectivity index (χ0v) is 17.0. The molecule has 0 saturated carbocycles. The fourth-order valence-corrected chi connectivity index (χ4v) is 3.82. The van der Waals surface area contributed by atoms with E-state index in [0.717, 1.165) is 35.7 Å². The number of hydrogen-bond donors (Lipinski definition) is 0. The Hall–Kier alpha value is -2.40. The van der Waals surface area contributed by atoms with E-state index in [9.17, 15) is 9.59 Å². The van der Waals surface area contributed by atoms with E-state index in [1.165, 1.54) is 11.1 Å². The minimum Gasteiger partial charge on any atom is -0.340 e. The van der Waals surface area contributed by atoms with Gasteiger partial charge in [0.1, 0.15) is 0 Å². The quantitative estimate of drug-likeness (QED) is 0.780. The highest BCUT2D eigenvalue weighted by Gasteiger charge is 2.23. The molecule has 144 valence electrons. The van der Waals surface area contributed by atoms with Gasteiger partial charge in [0.05, 0.1) is 6.54 Å². The molecule has 2 heterocycles. The van der Waals surface area contributed by atoms with Crippen molar-refractivity contribution in [2.45, 2.75) is 34.6 Å². The van der Waals surface area contributed by atoms with Crippen molar-refractivity contribution >= 4 is 11.7 Å². The molecule has 1 aliphatic rings. The predicted molar refractivity (Wildman–Crippen MR) is 108 cm³/mol. The van der Waals surface area contributed by atoms with Crippen LogP contribution in [0.25, 0.3) is 5.69 Å². The molecule has 0 bridgehead atoms. The maximum absolute atomic E-state index is 12.9. The number of carbonyl (C=O) groups is 2. The van der Waals surface area contributed by atoms with Crippen LogP contribution in [0.3, 0.4) is 0 Å². The molecule has 0 spiro atoms. The van der Waals surface area contributed by atoms with Gasteiger partial charge in [-0.25, -0.2) is 0 Å². The van der Waals surface area contributed by atoms with Crippen LogP contribution in [0.4, 0.5) is 0 Å².